The molecule has 1 heterocycles. The van der Waals surface area contributed by atoms with Crippen LogP contribution in [0.15, 0.2) is 36.7 Å². The first-order valence-electron chi connectivity index (χ1n) is 4.63. The van der Waals surface area contributed by atoms with Gasteiger partial charge in [-0.15, -0.1) is 16.4 Å². The van der Waals surface area contributed by atoms with E-state index in [-0.39, 0.29) is 11.8 Å². The van der Waals surface area contributed by atoms with E-state index in [4.69, 9.17) is 11.6 Å². The number of carbonyl (C=O) groups excluding carboxylic acids is 1. The lowest BCUT2D eigenvalue weighted by Gasteiger charge is -2.08. The van der Waals surface area contributed by atoms with Crippen LogP contribution in [0, 0.1) is 0 Å². The van der Waals surface area contributed by atoms with Crippen molar-refractivity contribution in [1.82, 2.24) is 15.0 Å². The molecule has 82 valence electrons. The summed E-state index contributed by atoms with van der Waals surface area (Å²) >= 11 is 5.43. The van der Waals surface area contributed by atoms with Crippen LogP contribution >= 0.6 is 11.6 Å². The van der Waals surface area contributed by atoms with Crippen LogP contribution in [-0.4, -0.2) is 26.8 Å². The summed E-state index contributed by atoms with van der Waals surface area (Å²) in [7, 11) is 0. The molecule has 0 atom stereocenters. The fraction of sp³-hybridized carbons (Fsp3) is 0.100. The summed E-state index contributed by atoms with van der Waals surface area (Å²) in [6, 6.07) is 7.23. The topological polar surface area (TPSA) is 59.8 Å². The van der Waals surface area contributed by atoms with E-state index in [1.54, 1.807) is 18.5 Å². The third-order valence-corrected chi connectivity index (χ3v) is 2.18. The Bertz CT molecular complexity index is 483. The second-order valence-corrected chi connectivity index (χ2v) is 3.28. The fourth-order valence-electron chi connectivity index (χ4n) is 1.28. The number of benzene rings is 1. The summed E-state index contributed by atoms with van der Waals surface area (Å²) in [5, 5.41) is 10.7. The molecule has 0 aliphatic heterocycles. The average Bonchev–Trinajstić information content (AvgIpc) is 2.83. The summed E-state index contributed by atoms with van der Waals surface area (Å²) in [6.45, 7) is 0. The van der Waals surface area contributed by atoms with Crippen molar-refractivity contribution in [2.75, 3.05) is 11.2 Å². The fourth-order valence-corrected chi connectivity index (χ4v) is 1.34. The van der Waals surface area contributed by atoms with Gasteiger partial charge in [0.1, 0.15) is 11.6 Å². The zero-order valence-corrected chi connectivity index (χ0v) is 9.05. The first-order valence-corrected chi connectivity index (χ1v) is 5.16. The minimum Gasteiger partial charge on any atom is -0.323 e. The van der Waals surface area contributed by atoms with Gasteiger partial charge in [-0.05, 0) is 12.1 Å². The summed E-state index contributed by atoms with van der Waals surface area (Å²) in [6.07, 6.45) is 3.14. The van der Waals surface area contributed by atoms with E-state index in [9.17, 15) is 4.79 Å². The van der Waals surface area contributed by atoms with E-state index in [1.165, 1.54) is 4.80 Å². The summed E-state index contributed by atoms with van der Waals surface area (Å²) < 4.78 is 0. The Morgan fingerprint density at radius 2 is 2.00 bits per heavy atom. The van der Waals surface area contributed by atoms with Crippen LogP contribution in [0.4, 0.5) is 5.69 Å². The Hall–Kier alpha value is -1.88. The second-order valence-electron chi connectivity index (χ2n) is 3.02. The summed E-state index contributed by atoms with van der Waals surface area (Å²) in [5.74, 6) is -0.345. The first kappa shape index (κ1) is 10.6. The van der Waals surface area contributed by atoms with Crippen molar-refractivity contribution in [3.05, 3.63) is 36.7 Å². The third kappa shape index (κ3) is 2.20. The lowest BCUT2D eigenvalue weighted by atomic mass is 10.2. The lowest BCUT2D eigenvalue weighted by Crippen LogP contribution is -2.15. The molecule has 0 bridgehead atoms. The predicted molar refractivity (Wildman–Crippen MR) is 60.7 cm³/mol. The van der Waals surface area contributed by atoms with Crippen LogP contribution in [0.2, 0.25) is 0 Å². The highest BCUT2D eigenvalue weighted by Crippen LogP contribution is 2.17. The number of alkyl halides is 1. The van der Waals surface area contributed by atoms with Crippen molar-refractivity contribution >= 4 is 23.2 Å². The number of rotatable bonds is 3. The van der Waals surface area contributed by atoms with Gasteiger partial charge >= 0.3 is 0 Å². The van der Waals surface area contributed by atoms with Gasteiger partial charge in [0.15, 0.2) is 0 Å². The van der Waals surface area contributed by atoms with Gasteiger partial charge in [-0.2, -0.15) is 10.2 Å². The lowest BCUT2D eigenvalue weighted by molar-refractivity contribution is -0.113. The van der Waals surface area contributed by atoms with Gasteiger partial charge in [0.2, 0.25) is 5.91 Å². The molecule has 1 aromatic heterocycles. The van der Waals surface area contributed by atoms with Gasteiger partial charge in [0.25, 0.3) is 0 Å². The van der Waals surface area contributed by atoms with Gasteiger partial charge in [-0.25, -0.2) is 0 Å². The third-order valence-electron chi connectivity index (χ3n) is 1.93. The molecule has 0 aliphatic carbocycles. The molecule has 2 rings (SSSR count). The van der Waals surface area contributed by atoms with Crippen LogP contribution in [0.25, 0.3) is 5.69 Å². The van der Waals surface area contributed by atoms with E-state index in [2.05, 4.69) is 15.5 Å². The zero-order chi connectivity index (χ0) is 11.4. The Kier molecular flexibility index (Phi) is 3.16. The van der Waals surface area contributed by atoms with Crippen LogP contribution < -0.4 is 5.32 Å². The number of halogens is 1. The Balaban J connectivity index is 2.35. The number of para-hydroxylation sites is 2. The van der Waals surface area contributed by atoms with Crippen LogP contribution in [0.5, 0.6) is 0 Å². The molecule has 6 heteroatoms. The molecule has 0 aliphatic rings. The van der Waals surface area contributed by atoms with E-state index < -0.39 is 0 Å². The highest BCUT2D eigenvalue weighted by molar-refractivity contribution is 6.29. The molecule has 0 saturated heterocycles. The molecule has 5 nitrogen and oxygen atoms in total. The number of anilines is 1. The zero-order valence-electron chi connectivity index (χ0n) is 8.30. The largest absolute Gasteiger partial charge is 0.323 e. The van der Waals surface area contributed by atoms with Crippen LogP contribution in [0.1, 0.15) is 0 Å². The minimum atomic E-state index is -0.263. The van der Waals surface area contributed by atoms with E-state index >= 15 is 0 Å². The molecule has 0 fully saturated rings. The van der Waals surface area contributed by atoms with Crippen molar-refractivity contribution < 1.29 is 4.79 Å². The molecule has 0 unspecified atom stereocenters. The Labute approximate surface area is 97.0 Å². The van der Waals surface area contributed by atoms with Gasteiger partial charge in [-0.3, -0.25) is 4.79 Å². The highest BCUT2D eigenvalue weighted by Gasteiger charge is 2.07. The normalized spacial score (nSPS) is 10.1. The number of nitrogens with one attached hydrogen (secondary N) is 1. The number of aromatic nitrogens is 3. The monoisotopic (exact) mass is 236 g/mol. The van der Waals surface area contributed by atoms with Gasteiger partial charge in [0, 0.05) is 0 Å². The Morgan fingerprint density at radius 3 is 2.69 bits per heavy atom. The van der Waals surface area contributed by atoms with Crippen molar-refractivity contribution in [1.29, 1.82) is 0 Å². The number of hydrogen-bond acceptors (Lipinski definition) is 3. The highest BCUT2D eigenvalue weighted by atomic mass is 35.5. The molecular formula is C10H9ClN4O. The summed E-state index contributed by atoms with van der Waals surface area (Å²) in [4.78, 5) is 12.6. The van der Waals surface area contributed by atoms with E-state index in [0.29, 0.717) is 11.4 Å². The van der Waals surface area contributed by atoms with Gasteiger partial charge in [0.05, 0.1) is 18.1 Å². The second kappa shape index (κ2) is 4.76. The van der Waals surface area contributed by atoms with Crippen LogP contribution in [0.3, 0.4) is 0 Å². The average molecular weight is 237 g/mol. The maximum Gasteiger partial charge on any atom is 0.239 e. The van der Waals surface area contributed by atoms with E-state index in [1.807, 2.05) is 18.2 Å². The predicted octanol–water partition coefficient (Wildman–Crippen LogP) is 1.44. The van der Waals surface area contributed by atoms with Crippen molar-refractivity contribution in [3.8, 4) is 5.69 Å². The van der Waals surface area contributed by atoms with E-state index in [0.717, 1.165) is 0 Å². The SMILES string of the molecule is O=C(CCl)Nc1ccccc1-n1nccn1. The molecular weight excluding hydrogens is 228 g/mol. The smallest absolute Gasteiger partial charge is 0.239 e. The molecule has 1 aromatic carbocycles. The minimum absolute atomic E-state index is 0.0825. The quantitative estimate of drug-likeness (QED) is 0.821. The molecule has 1 amide bonds. The van der Waals surface area contributed by atoms with Crippen LogP contribution in [-0.2, 0) is 4.79 Å². The van der Waals surface area contributed by atoms with Crippen molar-refractivity contribution in [2.45, 2.75) is 0 Å². The first-order chi connectivity index (χ1) is 7.81. The number of nitrogens with zero attached hydrogens (tertiary/aromatic N) is 3. The molecule has 2 aromatic rings. The Morgan fingerprint density at radius 1 is 1.31 bits per heavy atom. The number of carbonyl (C=O) groups is 1. The maximum absolute atomic E-state index is 11.2. The standard InChI is InChI=1S/C10H9ClN4O/c11-7-10(16)14-8-3-1-2-4-9(8)15-12-5-6-13-15/h1-6H,7H2,(H,14,16). The molecule has 1 N–H and O–H groups in total. The van der Waals surface area contributed by atoms with Crippen molar-refractivity contribution in [2.24, 2.45) is 0 Å². The molecule has 0 radical (unpaired) electrons. The molecule has 0 saturated carbocycles. The summed E-state index contributed by atoms with van der Waals surface area (Å²) in [5.41, 5.74) is 1.33. The number of amides is 1. The van der Waals surface area contributed by atoms with Crippen molar-refractivity contribution in [3.63, 3.8) is 0 Å². The number of hydrogen-bond donors (Lipinski definition) is 1. The molecule has 0 spiro atoms. The van der Waals surface area contributed by atoms with Gasteiger partial charge in [-0.1, -0.05) is 12.1 Å². The van der Waals surface area contributed by atoms with Gasteiger partial charge < -0.3 is 5.32 Å². The maximum atomic E-state index is 11.2. The molecule has 16 heavy (non-hydrogen) atoms.